The Morgan fingerprint density at radius 1 is 1.00 bits per heavy atom. The van der Waals surface area contributed by atoms with Crippen LogP contribution in [0.5, 0.6) is 17.2 Å². The van der Waals surface area contributed by atoms with Gasteiger partial charge in [0.2, 0.25) is 17.6 Å². The van der Waals surface area contributed by atoms with Gasteiger partial charge >= 0.3 is 5.97 Å². The van der Waals surface area contributed by atoms with E-state index in [1.807, 2.05) is 28.8 Å². The lowest BCUT2D eigenvalue weighted by Crippen LogP contribution is -2.50. The second kappa shape index (κ2) is 10.2. The van der Waals surface area contributed by atoms with Gasteiger partial charge in [0, 0.05) is 12.1 Å². The molecule has 1 amide bonds. The molecule has 0 aliphatic carbocycles. The molecule has 0 bridgehead atoms. The number of carbonyl (C=O) groups excluding carboxylic acids is 2. The molecule has 1 aromatic heterocycles. The number of fused-ring (bicyclic) bond motifs is 3. The van der Waals surface area contributed by atoms with E-state index in [1.165, 1.54) is 21.3 Å². The van der Waals surface area contributed by atoms with Gasteiger partial charge in [0.15, 0.2) is 17.4 Å². The Labute approximate surface area is 204 Å². The van der Waals surface area contributed by atoms with Gasteiger partial charge in [0.1, 0.15) is 0 Å². The first kappa shape index (κ1) is 24.4. The number of aromatic nitrogens is 2. The lowest BCUT2D eigenvalue weighted by molar-refractivity contribution is -0.153. The van der Waals surface area contributed by atoms with Gasteiger partial charge in [-0.25, -0.2) is 4.98 Å². The molecule has 35 heavy (non-hydrogen) atoms. The average molecular weight is 482 g/mol. The van der Waals surface area contributed by atoms with Gasteiger partial charge in [-0.15, -0.1) is 0 Å². The van der Waals surface area contributed by atoms with Crippen molar-refractivity contribution in [3.63, 3.8) is 0 Å². The number of hydrogen-bond donors (Lipinski definition) is 0. The number of hydrogen-bond acceptors (Lipinski definition) is 7. The van der Waals surface area contributed by atoms with Crippen molar-refractivity contribution in [2.24, 2.45) is 5.92 Å². The summed E-state index contributed by atoms with van der Waals surface area (Å²) in [5.41, 5.74) is 2.12. The smallest absolute Gasteiger partial charge is 0.321 e. The molecule has 2 aromatic carbocycles. The monoisotopic (exact) mass is 481 g/mol. The number of methoxy groups -OCH3 is 3. The molecule has 0 fully saturated rings. The molecular weight excluding hydrogens is 450 g/mol. The van der Waals surface area contributed by atoms with Gasteiger partial charge in [0.25, 0.3) is 0 Å². The zero-order chi connectivity index (χ0) is 25.1. The zero-order valence-corrected chi connectivity index (χ0v) is 20.7. The van der Waals surface area contributed by atoms with Crippen LogP contribution in [0.2, 0.25) is 0 Å². The summed E-state index contributed by atoms with van der Waals surface area (Å²) in [5, 5.41) is 0. The number of amides is 1. The lowest BCUT2D eigenvalue weighted by Gasteiger charge is -2.38. The van der Waals surface area contributed by atoms with Crippen LogP contribution in [0.25, 0.3) is 11.0 Å². The van der Waals surface area contributed by atoms with E-state index in [2.05, 4.69) is 6.92 Å². The molecule has 2 atom stereocenters. The number of unbranched alkanes of at least 4 members (excludes halogenated alkanes) is 1. The number of carbonyl (C=O) groups is 2. The Balaban J connectivity index is 2.05. The first-order valence-electron chi connectivity index (χ1n) is 11.8. The number of esters is 1. The summed E-state index contributed by atoms with van der Waals surface area (Å²) in [4.78, 5) is 33.7. The number of imidazole rings is 1. The van der Waals surface area contributed by atoms with E-state index in [9.17, 15) is 9.59 Å². The standard InChI is InChI=1S/C26H31N3O6/c1-6-8-15-28-24(30)20(25(31)35-7-2)21(29-18-12-10-9-11-17(18)27-26(28)29)16-13-14-19(32-3)23(34-5)22(16)33-4/h9-14,20-21H,6-8,15H2,1-5H3/t20-,21+/m1/s1. The van der Waals surface area contributed by atoms with E-state index in [4.69, 9.17) is 23.9 Å². The average Bonchev–Trinajstić information content (AvgIpc) is 3.25. The first-order chi connectivity index (χ1) is 17.0. The van der Waals surface area contributed by atoms with Crippen molar-refractivity contribution in [3.05, 3.63) is 42.0 Å². The van der Waals surface area contributed by atoms with Gasteiger partial charge in [-0.05, 0) is 37.6 Å². The SMILES string of the molecule is CCCCN1C(=O)[C@H](C(=O)OCC)[C@H](c2ccc(OC)c(OC)c2OC)n2c1nc1ccccc12. The summed E-state index contributed by atoms with van der Waals surface area (Å²) in [6.45, 7) is 4.39. The Morgan fingerprint density at radius 3 is 2.40 bits per heavy atom. The lowest BCUT2D eigenvalue weighted by atomic mass is 9.88. The molecule has 2 heterocycles. The number of rotatable bonds is 9. The maximum absolute atomic E-state index is 13.9. The van der Waals surface area contributed by atoms with Gasteiger partial charge < -0.3 is 23.5 Å². The van der Waals surface area contributed by atoms with E-state index in [-0.39, 0.29) is 12.5 Å². The highest BCUT2D eigenvalue weighted by atomic mass is 16.5. The van der Waals surface area contributed by atoms with Crippen LogP contribution in [0.3, 0.4) is 0 Å². The maximum Gasteiger partial charge on any atom is 0.321 e. The number of ether oxygens (including phenoxy) is 4. The Morgan fingerprint density at radius 2 is 1.74 bits per heavy atom. The normalized spacial score (nSPS) is 17.3. The number of para-hydroxylation sites is 2. The third-order valence-electron chi connectivity index (χ3n) is 6.27. The van der Waals surface area contributed by atoms with Crippen molar-refractivity contribution >= 4 is 28.9 Å². The van der Waals surface area contributed by atoms with Gasteiger partial charge in [-0.3, -0.25) is 14.5 Å². The molecule has 1 aliphatic heterocycles. The molecule has 9 nitrogen and oxygen atoms in total. The van der Waals surface area contributed by atoms with Gasteiger partial charge in [-0.1, -0.05) is 25.5 Å². The maximum atomic E-state index is 13.9. The van der Waals surface area contributed by atoms with Crippen molar-refractivity contribution in [2.75, 3.05) is 39.4 Å². The number of benzene rings is 2. The fourth-order valence-electron chi connectivity index (χ4n) is 4.71. The van der Waals surface area contributed by atoms with Crippen LogP contribution in [-0.4, -0.2) is 55.9 Å². The summed E-state index contributed by atoms with van der Waals surface area (Å²) in [5.74, 6) is -0.350. The Kier molecular flexibility index (Phi) is 7.14. The highest BCUT2D eigenvalue weighted by molar-refractivity contribution is 6.08. The van der Waals surface area contributed by atoms with Crippen molar-refractivity contribution in [3.8, 4) is 17.2 Å². The molecule has 9 heteroatoms. The minimum atomic E-state index is -1.14. The van der Waals surface area contributed by atoms with Crippen molar-refractivity contribution in [2.45, 2.75) is 32.7 Å². The summed E-state index contributed by atoms with van der Waals surface area (Å²) >= 11 is 0. The molecule has 0 N–H and O–H groups in total. The molecule has 0 unspecified atom stereocenters. The van der Waals surface area contributed by atoms with Crippen LogP contribution >= 0.6 is 0 Å². The molecule has 1 aliphatic rings. The third-order valence-corrected chi connectivity index (χ3v) is 6.27. The van der Waals surface area contributed by atoms with Gasteiger partial charge in [-0.2, -0.15) is 0 Å². The van der Waals surface area contributed by atoms with E-state index in [0.717, 1.165) is 23.9 Å². The van der Waals surface area contributed by atoms with Crippen LogP contribution in [0.4, 0.5) is 5.95 Å². The van der Waals surface area contributed by atoms with E-state index in [0.29, 0.717) is 35.3 Å². The highest BCUT2D eigenvalue weighted by Crippen LogP contribution is 2.48. The minimum absolute atomic E-state index is 0.158. The van der Waals surface area contributed by atoms with Crippen LogP contribution in [0.15, 0.2) is 36.4 Å². The zero-order valence-electron chi connectivity index (χ0n) is 20.7. The summed E-state index contributed by atoms with van der Waals surface area (Å²) < 4.78 is 24.2. The largest absolute Gasteiger partial charge is 0.493 e. The first-order valence-corrected chi connectivity index (χ1v) is 11.8. The quantitative estimate of drug-likeness (QED) is 0.337. The Hall–Kier alpha value is -3.75. The topological polar surface area (TPSA) is 92.1 Å². The second-order valence-electron chi connectivity index (χ2n) is 8.21. The predicted octanol–water partition coefficient (Wildman–Crippen LogP) is 3.98. The number of anilines is 1. The highest BCUT2D eigenvalue weighted by Gasteiger charge is 2.49. The van der Waals surface area contributed by atoms with Crippen molar-refractivity contribution in [1.29, 1.82) is 0 Å². The fraction of sp³-hybridized carbons (Fsp3) is 0.423. The fourth-order valence-corrected chi connectivity index (χ4v) is 4.71. The van der Waals surface area contributed by atoms with Gasteiger partial charge in [0.05, 0.1) is 45.0 Å². The predicted molar refractivity (Wildman–Crippen MR) is 131 cm³/mol. The number of nitrogens with zero attached hydrogens (tertiary/aromatic N) is 3. The summed E-state index contributed by atoms with van der Waals surface area (Å²) in [6, 6.07) is 10.4. The van der Waals surface area contributed by atoms with Crippen molar-refractivity contribution < 1.29 is 28.5 Å². The molecule has 0 saturated carbocycles. The van der Waals surface area contributed by atoms with Crippen LogP contribution in [-0.2, 0) is 14.3 Å². The minimum Gasteiger partial charge on any atom is -0.493 e. The molecule has 4 rings (SSSR count). The van der Waals surface area contributed by atoms with Crippen LogP contribution < -0.4 is 19.1 Å². The van der Waals surface area contributed by atoms with E-state index < -0.39 is 17.9 Å². The molecule has 3 aromatic rings. The van der Waals surface area contributed by atoms with E-state index in [1.54, 1.807) is 24.0 Å². The molecular formula is C26H31N3O6. The summed E-state index contributed by atoms with van der Waals surface area (Å²) in [6.07, 6.45) is 1.66. The summed E-state index contributed by atoms with van der Waals surface area (Å²) in [7, 11) is 4.57. The Bertz CT molecular complexity index is 1240. The molecule has 0 spiro atoms. The van der Waals surface area contributed by atoms with E-state index >= 15 is 0 Å². The van der Waals surface area contributed by atoms with Crippen LogP contribution in [0, 0.1) is 5.92 Å². The van der Waals surface area contributed by atoms with Crippen LogP contribution in [0.1, 0.15) is 38.3 Å². The molecule has 0 radical (unpaired) electrons. The van der Waals surface area contributed by atoms with Crippen molar-refractivity contribution in [1.82, 2.24) is 9.55 Å². The molecule has 186 valence electrons. The second-order valence-corrected chi connectivity index (χ2v) is 8.21. The third kappa shape index (κ3) is 4.05. The molecule has 0 saturated heterocycles.